The summed E-state index contributed by atoms with van der Waals surface area (Å²) in [5.41, 5.74) is 0.386. The van der Waals surface area contributed by atoms with Crippen LogP contribution in [0.4, 0.5) is 5.69 Å². The van der Waals surface area contributed by atoms with Gasteiger partial charge in [-0.15, -0.1) is 0 Å². The second-order valence-corrected chi connectivity index (χ2v) is 9.22. The monoisotopic (exact) mass is 552 g/mol. The summed E-state index contributed by atoms with van der Waals surface area (Å²) in [4.78, 5) is 88.7. The van der Waals surface area contributed by atoms with Crippen LogP contribution in [0, 0.1) is 0 Å². The van der Waals surface area contributed by atoms with Gasteiger partial charge >= 0.3 is 0 Å². The minimum Gasteiger partial charge on any atom is -0.352 e. The van der Waals surface area contributed by atoms with Crippen molar-refractivity contribution in [3.63, 3.8) is 0 Å². The maximum absolute atomic E-state index is 13.0. The van der Waals surface area contributed by atoms with Crippen molar-refractivity contribution < 1.29 is 33.6 Å². The molecule has 0 spiro atoms. The van der Waals surface area contributed by atoms with Gasteiger partial charge in [0.2, 0.25) is 28.9 Å². The topological polar surface area (TPSA) is 144 Å². The first-order valence-electron chi connectivity index (χ1n) is 11.9. The predicted octanol–water partition coefficient (Wildman–Crippen LogP) is 3.69. The van der Waals surface area contributed by atoms with Gasteiger partial charge in [-0.3, -0.25) is 33.6 Å². The number of benzene rings is 3. The zero-order valence-corrected chi connectivity index (χ0v) is 21.2. The second kappa shape index (κ2) is 10.5. The molecule has 10 heteroatoms. The molecule has 0 atom stereocenters. The summed E-state index contributed by atoms with van der Waals surface area (Å²) < 4.78 is 0. The van der Waals surface area contributed by atoms with E-state index in [1.807, 2.05) is 0 Å². The van der Waals surface area contributed by atoms with E-state index in [2.05, 4.69) is 10.6 Å². The average molecular weight is 553 g/mol. The first kappa shape index (κ1) is 26.3. The van der Waals surface area contributed by atoms with E-state index < -0.39 is 57.8 Å². The molecule has 40 heavy (non-hydrogen) atoms. The van der Waals surface area contributed by atoms with Gasteiger partial charge in [0, 0.05) is 27.9 Å². The number of carbonyl (C=O) groups excluding carboxylic acids is 7. The normalized spacial score (nSPS) is 14.3. The molecule has 0 unspecified atom stereocenters. The van der Waals surface area contributed by atoms with Crippen LogP contribution < -0.4 is 10.6 Å². The minimum atomic E-state index is -1.31. The Morgan fingerprint density at radius 1 is 0.675 bits per heavy atom. The Morgan fingerprint density at radius 3 is 2.00 bits per heavy atom. The number of amides is 1. The number of rotatable bonds is 7. The summed E-state index contributed by atoms with van der Waals surface area (Å²) in [6.07, 6.45) is 0.597. The fraction of sp³-hybridized carbons (Fsp3) is 0.0333. The number of Topliss-reactive ketones (excluding diaryl/α,β-unsaturated/α-hetero) is 6. The molecule has 0 saturated carbocycles. The number of nitrogens with one attached hydrogen (secondary N) is 2. The highest BCUT2D eigenvalue weighted by Crippen LogP contribution is 2.28. The van der Waals surface area contributed by atoms with Crippen LogP contribution >= 0.6 is 11.6 Å². The van der Waals surface area contributed by atoms with Crippen LogP contribution in [0.1, 0.15) is 53.4 Å². The number of allylic oxidation sites excluding steroid dienone is 3. The van der Waals surface area contributed by atoms with Crippen molar-refractivity contribution in [1.82, 2.24) is 5.32 Å². The minimum absolute atomic E-state index is 0.0150. The van der Waals surface area contributed by atoms with Crippen molar-refractivity contribution in [1.29, 1.82) is 0 Å². The molecular formula is C30H17ClN2O7. The molecule has 2 aliphatic rings. The van der Waals surface area contributed by atoms with Gasteiger partial charge in [-0.05, 0) is 23.8 Å². The molecule has 9 nitrogen and oxygen atoms in total. The number of carbonyl (C=O) groups is 7. The third kappa shape index (κ3) is 4.70. The van der Waals surface area contributed by atoms with Crippen LogP contribution in [0.5, 0.6) is 0 Å². The highest BCUT2D eigenvalue weighted by molar-refractivity contribution is 6.52. The molecule has 3 aromatic rings. The fourth-order valence-electron chi connectivity index (χ4n) is 4.33. The summed E-state index contributed by atoms with van der Waals surface area (Å²) >= 11 is 6.02. The maximum Gasteiger partial charge on any atom is 0.292 e. The molecule has 196 valence electrons. The quantitative estimate of drug-likeness (QED) is 0.256. The van der Waals surface area contributed by atoms with Crippen LogP contribution in [0.3, 0.4) is 0 Å². The number of halogens is 1. The van der Waals surface area contributed by atoms with Crippen LogP contribution in [0.25, 0.3) is 6.08 Å². The lowest BCUT2D eigenvalue weighted by atomic mass is 9.92. The van der Waals surface area contributed by atoms with Gasteiger partial charge in [0.25, 0.3) is 5.91 Å². The Kier molecular flexibility index (Phi) is 6.89. The van der Waals surface area contributed by atoms with Crippen LogP contribution in [0.2, 0.25) is 0 Å². The molecule has 0 radical (unpaired) electrons. The molecule has 2 N–H and O–H groups in total. The van der Waals surface area contributed by atoms with Gasteiger partial charge in [0.1, 0.15) is 10.7 Å². The first-order valence-corrected chi connectivity index (χ1v) is 12.3. The molecular weight excluding hydrogens is 536 g/mol. The van der Waals surface area contributed by atoms with E-state index in [-0.39, 0.29) is 33.6 Å². The van der Waals surface area contributed by atoms with E-state index in [9.17, 15) is 33.6 Å². The van der Waals surface area contributed by atoms with Gasteiger partial charge in [-0.25, -0.2) is 0 Å². The summed E-state index contributed by atoms with van der Waals surface area (Å²) in [5, 5.41) is 4.32. The number of fused-ring (bicyclic) bond motifs is 2. The standard InChI is InChI=1S/C30H17ClN2O7/c31-24-25(27(37)18-10-4-3-9-17(18)26(24)36)33-30(40)23(35)14-22(34)19-11-5-6-12-20(19)32-21-13-15-7-1-2-8-16(15)28(38)29(21)39/h1-13,32H,14H2,(H,33,40). The Balaban J connectivity index is 1.33. The molecule has 0 fully saturated rings. The van der Waals surface area contributed by atoms with E-state index in [0.29, 0.717) is 5.56 Å². The van der Waals surface area contributed by atoms with Crippen LogP contribution in [0.15, 0.2) is 89.2 Å². The number of hydrogen-bond donors (Lipinski definition) is 2. The zero-order chi connectivity index (χ0) is 28.6. The van der Waals surface area contributed by atoms with Gasteiger partial charge in [0.15, 0.2) is 5.78 Å². The number of anilines is 1. The van der Waals surface area contributed by atoms with E-state index >= 15 is 0 Å². The van der Waals surface area contributed by atoms with E-state index in [4.69, 9.17) is 11.6 Å². The Hall–Kier alpha value is -5.28. The number of ketones is 6. The van der Waals surface area contributed by atoms with Crippen molar-refractivity contribution in [2.24, 2.45) is 0 Å². The Labute approximate surface area is 231 Å². The smallest absolute Gasteiger partial charge is 0.292 e. The largest absolute Gasteiger partial charge is 0.352 e. The lowest BCUT2D eigenvalue weighted by Crippen LogP contribution is -2.37. The molecule has 3 aromatic carbocycles. The predicted molar refractivity (Wildman–Crippen MR) is 144 cm³/mol. The fourth-order valence-corrected chi connectivity index (χ4v) is 4.56. The number of para-hydroxylation sites is 1. The average Bonchev–Trinajstić information content (AvgIpc) is 2.97. The van der Waals surface area contributed by atoms with Crippen molar-refractivity contribution in [3.8, 4) is 0 Å². The third-order valence-electron chi connectivity index (χ3n) is 6.33. The van der Waals surface area contributed by atoms with Crippen molar-refractivity contribution in [2.45, 2.75) is 6.42 Å². The van der Waals surface area contributed by atoms with E-state index in [1.54, 1.807) is 30.3 Å². The third-order valence-corrected chi connectivity index (χ3v) is 6.69. The van der Waals surface area contributed by atoms with Gasteiger partial charge in [0.05, 0.1) is 12.1 Å². The van der Waals surface area contributed by atoms with Gasteiger partial charge in [-0.2, -0.15) is 0 Å². The molecule has 0 heterocycles. The SMILES string of the molecule is O=C(CC(=O)c1ccccc1NC1=Cc2ccccc2C(=O)C1=O)C(=O)NC1=C(Cl)C(=O)c2ccccc2C1=O. The Morgan fingerprint density at radius 2 is 1.27 bits per heavy atom. The van der Waals surface area contributed by atoms with Crippen molar-refractivity contribution in [2.75, 3.05) is 5.32 Å². The lowest BCUT2D eigenvalue weighted by Gasteiger charge is -2.18. The summed E-state index contributed by atoms with van der Waals surface area (Å²) in [7, 11) is 0. The Bertz CT molecular complexity index is 1770. The molecule has 0 aliphatic heterocycles. The molecule has 1 amide bonds. The zero-order valence-electron chi connectivity index (χ0n) is 20.4. The summed E-state index contributed by atoms with van der Waals surface area (Å²) in [6, 6.07) is 18.4. The second-order valence-electron chi connectivity index (χ2n) is 8.84. The maximum atomic E-state index is 13.0. The highest BCUT2D eigenvalue weighted by atomic mass is 35.5. The molecule has 2 aliphatic carbocycles. The summed E-state index contributed by atoms with van der Waals surface area (Å²) in [6.45, 7) is 0. The first-order chi connectivity index (χ1) is 19.2. The van der Waals surface area contributed by atoms with Crippen molar-refractivity contribution >= 4 is 64.0 Å². The molecule has 0 aromatic heterocycles. The molecule has 5 rings (SSSR count). The van der Waals surface area contributed by atoms with Crippen molar-refractivity contribution in [3.05, 3.63) is 117 Å². The summed E-state index contributed by atoms with van der Waals surface area (Å²) in [5.74, 6) is -6.20. The van der Waals surface area contributed by atoms with E-state index in [0.717, 1.165) is 0 Å². The molecule has 0 bridgehead atoms. The molecule has 0 saturated heterocycles. The van der Waals surface area contributed by atoms with Gasteiger partial charge < -0.3 is 10.6 Å². The highest BCUT2D eigenvalue weighted by Gasteiger charge is 2.34. The number of hydrogen-bond acceptors (Lipinski definition) is 8. The van der Waals surface area contributed by atoms with Gasteiger partial charge in [-0.1, -0.05) is 72.3 Å². The lowest BCUT2D eigenvalue weighted by molar-refractivity contribution is -0.136. The van der Waals surface area contributed by atoms with Crippen LogP contribution in [-0.2, 0) is 14.4 Å². The van der Waals surface area contributed by atoms with Crippen LogP contribution in [-0.4, -0.2) is 40.6 Å². The van der Waals surface area contributed by atoms with E-state index in [1.165, 1.54) is 48.5 Å².